The van der Waals surface area contributed by atoms with E-state index in [0.29, 0.717) is 17.9 Å². The first-order chi connectivity index (χ1) is 15.7. The zero-order chi connectivity index (χ0) is 21.9. The molecule has 0 saturated heterocycles. The Kier molecular flexibility index (Phi) is 5.39. The number of ether oxygens (including phenoxy) is 1. The predicted molar refractivity (Wildman–Crippen MR) is 126 cm³/mol. The summed E-state index contributed by atoms with van der Waals surface area (Å²) in [4.78, 5) is 21.6. The number of nitrogens with zero attached hydrogens (tertiary/aromatic N) is 3. The van der Waals surface area contributed by atoms with Gasteiger partial charge in [0.2, 0.25) is 0 Å². The first-order valence-electron chi connectivity index (χ1n) is 10.1. The van der Waals surface area contributed by atoms with Gasteiger partial charge in [-0.2, -0.15) is 0 Å². The van der Waals surface area contributed by atoms with Gasteiger partial charge in [0.1, 0.15) is 23.0 Å². The van der Waals surface area contributed by atoms with E-state index in [-0.39, 0.29) is 5.91 Å². The van der Waals surface area contributed by atoms with Crippen LogP contribution in [-0.4, -0.2) is 20.3 Å². The Morgan fingerprint density at radius 2 is 2.00 bits per heavy atom. The second-order valence-electron chi connectivity index (χ2n) is 7.34. The Bertz CT molecular complexity index is 1380. The number of aryl methyl sites for hydroxylation is 1. The third kappa shape index (κ3) is 4.24. The largest absolute Gasteiger partial charge is 0.487 e. The van der Waals surface area contributed by atoms with Crippen LogP contribution in [-0.2, 0) is 6.61 Å². The highest BCUT2D eigenvalue weighted by Gasteiger charge is 2.09. The summed E-state index contributed by atoms with van der Waals surface area (Å²) in [6, 6.07) is 18.8. The van der Waals surface area contributed by atoms with E-state index in [1.54, 1.807) is 29.7 Å². The molecule has 32 heavy (non-hydrogen) atoms. The lowest BCUT2D eigenvalue weighted by Crippen LogP contribution is -2.12. The van der Waals surface area contributed by atoms with Gasteiger partial charge < -0.3 is 14.5 Å². The molecule has 0 atom stereocenters. The first-order valence-corrected chi connectivity index (χ1v) is 11.0. The van der Waals surface area contributed by atoms with Crippen LogP contribution in [0.1, 0.15) is 21.6 Å². The number of thiazole rings is 1. The van der Waals surface area contributed by atoms with Gasteiger partial charge in [-0.25, -0.2) is 9.97 Å². The number of aromatic nitrogens is 3. The molecule has 3 heterocycles. The number of pyridine rings is 1. The minimum atomic E-state index is -0.194. The number of hydrogen-bond acceptors (Lipinski definition) is 5. The molecule has 5 aromatic rings. The molecule has 1 amide bonds. The summed E-state index contributed by atoms with van der Waals surface area (Å²) >= 11 is 1.58. The summed E-state index contributed by atoms with van der Waals surface area (Å²) in [6.45, 7) is 2.35. The number of amides is 1. The Morgan fingerprint density at radius 3 is 2.78 bits per heavy atom. The number of anilines is 1. The number of nitrogens with one attached hydrogen (secondary N) is 1. The van der Waals surface area contributed by atoms with Gasteiger partial charge in [-0.1, -0.05) is 12.1 Å². The second kappa shape index (κ2) is 8.64. The van der Waals surface area contributed by atoms with Crippen molar-refractivity contribution in [2.45, 2.75) is 13.5 Å². The fraction of sp³-hybridized carbons (Fsp3) is 0.0800. The molecular weight excluding hydrogens is 420 g/mol. The monoisotopic (exact) mass is 440 g/mol. The van der Waals surface area contributed by atoms with Crippen molar-refractivity contribution in [1.82, 2.24) is 14.4 Å². The fourth-order valence-electron chi connectivity index (χ4n) is 3.42. The molecule has 0 bridgehead atoms. The highest BCUT2D eigenvalue weighted by molar-refractivity contribution is 7.13. The fourth-order valence-corrected chi connectivity index (χ4v) is 4.07. The molecule has 158 valence electrons. The summed E-state index contributed by atoms with van der Waals surface area (Å²) in [6.07, 6.45) is 5.70. The third-order valence-electron chi connectivity index (χ3n) is 5.03. The van der Waals surface area contributed by atoms with Crippen LogP contribution in [0.25, 0.3) is 16.2 Å². The molecular formula is C25H20N4O2S. The zero-order valence-electron chi connectivity index (χ0n) is 17.4. The van der Waals surface area contributed by atoms with E-state index in [1.807, 2.05) is 77.6 Å². The number of carbonyl (C=O) groups is 1. The van der Waals surface area contributed by atoms with Crippen molar-refractivity contribution in [2.75, 3.05) is 5.32 Å². The Morgan fingerprint density at radius 1 is 1.12 bits per heavy atom. The van der Waals surface area contributed by atoms with Gasteiger partial charge in [0, 0.05) is 40.8 Å². The zero-order valence-corrected chi connectivity index (χ0v) is 18.2. The summed E-state index contributed by atoms with van der Waals surface area (Å²) < 4.78 is 7.88. The average Bonchev–Trinajstić information content (AvgIpc) is 3.49. The van der Waals surface area contributed by atoms with Crippen molar-refractivity contribution >= 4 is 28.6 Å². The summed E-state index contributed by atoms with van der Waals surface area (Å²) in [7, 11) is 0. The molecule has 0 saturated carbocycles. The van der Waals surface area contributed by atoms with Crippen molar-refractivity contribution in [3.8, 4) is 16.3 Å². The van der Waals surface area contributed by atoms with Crippen molar-refractivity contribution in [2.24, 2.45) is 0 Å². The van der Waals surface area contributed by atoms with Gasteiger partial charge in [0.05, 0.1) is 5.69 Å². The maximum Gasteiger partial charge on any atom is 0.255 e. The van der Waals surface area contributed by atoms with Crippen molar-refractivity contribution in [1.29, 1.82) is 0 Å². The van der Waals surface area contributed by atoms with Gasteiger partial charge in [0.15, 0.2) is 0 Å². The minimum absolute atomic E-state index is 0.194. The summed E-state index contributed by atoms with van der Waals surface area (Å²) in [5.74, 6) is 0.423. The predicted octanol–water partition coefficient (Wildman–Crippen LogP) is 5.60. The molecule has 5 rings (SSSR count). The van der Waals surface area contributed by atoms with Crippen molar-refractivity contribution in [3.05, 3.63) is 101 Å². The molecule has 7 heteroatoms. The van der Waals surface area contributed by atoms with E-state index in [2.05, 4.69) is 15.3 Å². The lowest BCUT2D eigenvalue weighted by Gasteiger charge is -2.08. The van der Waals surface area contributed by atoms with Crippen molar-refractivity contribution < 1.29 is 9.53 Å². The molecule has 0 aliphatic heterocycles. The number of hydrogen-bond donors (Lipinski definition) is 1. The standard InChI is InChI=1S/C25H20N4O2S/c1-17-4-3-12-29-15-21(27-23(17)29)16-31-22-6-2-5-19(14-22)24(30)28-20-9-7-18(8-10-20)25-26-11-13-32-25/h2-15H,16H2,1H3,(H,28,30). The van der Waals surface area contributed by atoms with Crippen LogP contribution < -0.4 is 10.1 Å². The molecule has 0 fully saturated rings. The molecule has 3 aromatic heterocycles. The van der Waals surface area contributed by atoms with Crippen molar-refractivity contribution in [3.63, 3.8) is 0 Å². The maximum atomic E-state index is 12.7. The Hall–Kier alpha value is -3.97. The summed E-state index contributed by atoms with van der Waals surface area (Å²) in [5.41, 5.74) is 5.13. The Balaban J connectivity index is 1.24. The van der Waals surface area contributed by atoms with Crippen LogP contribution in [0.3, 0.4) is 0 Å². The van der Waals surface area contributed by atoms with Crippen LogP contribution in [0.4, 0.5) is 5.69 Å². The van der Waals surface area contributed by atoms with E-state index in [0.717, 1.165) is 33.2 Å². The van der Waals surface area contributed by atoms with Gasteiger partial charge in [-0.3, -0.25) is 4.79 Å². The third-order valence-corrected chi connectivity index (χ3v) is 5.85. The molecule has 0 spiro atoms. The van der Waals surface area contributed by atoms with E-state index in [9.17, 15) is 4.79 Å². The molecule has 0 aliphatic rings. The topological polar surface area (TPSA) is 68.5 Å². The molecule has 0 aliphatic carbocycles. The van der Waals surface area contributed by atoms with Crippen LogP contribution in [0, 0.1) is 6.92 Å². The van der Waals surface area contributed by atoms with Gasteiger partial charge in [0.25, 0.3) is 5.91 Å². The van der Waals surface area contributed by atoms with E-state index < -0.39 is 0 Å². The molecule has 1 N–H and O–H groups in total. The lowest BCUT2D eigenvalue weighted by molar-refractivity contribution is 0.102. The average molecular weight is 441 g/mol. The van der Waals surface area contributed by atoms with Gasteiger partial charge in [-0.05, 0) is 61.0 Å². The number of imidazole rings is 1. The molecule has 0 unspecified atom stereocenters. The minimum Gasteiger partial charge on any atom is -0.487 e. The molecule has 6 nitrogen and oxygen atoms in total. The number of benzene rings is 2. The van der Waals surface area contributed by atoms with Crippen LogP contribution >= 0.6 is 11.3 Å². The van der Waals surface area contributed by atoms with Gasteiger partial charge in [-0.15, -0.1) is 11.3 Å². The molecule has 0 radical (unpaired) electrons. The maximum absolute atomic E-state index is 12.7. The quantitative estimate of drug-likeness (QED) is 0.373. The van der Waals surface area contributed by atoms with E-state index >= 15 is 0 Å². The van der Waals surface area contributed by atoms with Crippen LogP contribution in [0.15, 0.2) is 84.6 Å². The SMILES string of the molecule is Cc1cccn2cc(COc3cccc(C(=O)Nc4ccc(-c5nccs5)cc4)c3)nc12. The van der Waals surface area contributed by atoms with Crippen LogP contribution in [0.2, 0.25) is 0 Å². The molecule has 2 aromatic carbocycles. The van der Waals surface area contributed by atoms with E-state index in [1.165, 1.54) is 0 Å². The van der Waals surface area contributed by atoms with Crippen LogP contribution in [0.5, 0.6) is 5.75 Å². The second-order valence-corrected chi connectivity index (χ2v) is 8.23. The highest BCUT2D eigenvalue weighted by atomic mass is 32.1. The number of rotatable bonds is 6. The summed E-state index contributed by atoms with van der Waals surface area (Å²) in [5, 5.41) is 5.82. The number of carbonyl (C=O) groups excluding carboxylic acids is 1. The lowest BCUT2D eigenvalue weighted by atomic mass is 10.1. The highest BCUT2D eigenvalue weighted by Crippen LogP contribution is 2.24. The normalized spacial score (nSPS) is 10.9. The van der Waals surface area contributed by atoms with E-state index in [4.69, 9.17) is 4.74 Å². The first kappa shape index (κ1) is 20.0. The Labute approximate surface area is 189 Å². The number of fused-ring (bicyclic) bond motifs is 1. The van der Waals surface area contributed by atoms with Gasteiger partial charge >= 0.3 is 0 Å². The smallest absolute Gasteiger partial charge is 0.255 e.